The molecule has 9 nitrogen and oxygen atoms in total. The number of halogens is 3. The number of carbonyl (C=O) groups excluding carboxylic acids is 2. The van der Waals surface area contributed by atoms with Crippen molar-refractivity contribution in [2.75, 3.05) is 43.4 Å². The van der Waals surface area contributed by atoms with Crippen LogP contribution in [0.5, 0.6) is 0 Å². The molecule has 0 atom stereocenters. The van der Waals surface area contributed by atoms with E-state index in [0.717, 1.165) is 63.3 Å². The molecule has 1 aliphatic heterocycles. The zero-order valence-electron chi connectivity index (χ0n) is 24.6. The first-order chi connectivity index (χ1) is 21.1. The Kier molecular flexibility index (Phi) is 8.12. The molecule has 4 aromatic rings. The van der Waals surface area contributed by atoms with E-state index < -0.39 is 17.6 Å². The fourth-order valence-electron chi connectivity index (χ4n) is 5.44. The number of hydrogen-bond donors (Lipinski definition) is 2. The molecule has 1 saturated heterocycles. The monoisotopic (exact) mass is 605 g/mol. The lowest BCUT2D eigenvalue weighted by atomic mass is 10.0. The molecule has 2 aromatic carbocycles. The molecule has 230 valence electrons. The van der Waals surface area contributed by atoms with Crippen molar-refractivity contribution in [3.05, 3.63) is 77.0 Å². The smallest absolute Gasteiger partial charge is 0.322 e. The van der Waals surface area contributed by atoms with Gasteiger partial charge in [-0.3, -0.25) is 14.5 Å². The number of fused-ring (bicyclic) bond motifs is 1. The summed E-state index contributed by atoms with van der Waals surface area (Å²) in [5, 5.41) is 10.1. The van der Waals surface area contributed by atoms with E-state index >= 15 is 0 Å². The molecule has 0 bridgehead atoms. The Morgan fingerprint density at radius 3 is 2.41 bits per heavy atom. The number of alkyl halides is 3. The van der Waals surface area contributed by atoms with Crippen LogP contribution in [0.3, 0.4) is 0 Å². The molecule has 1 aliphatic carbocycles. The van der Waals surface area contributed by atoms with Crippen molar-refractivity contribution < 1.29 is 22.8 Å². The number of amides is 2. The Morgan fingerprint density at radius 1 is 0.955 bits per heavy atom. The van der Waals surface area contributed by atoms with Gasteiger partial charge in [0.1, 0.15) is 0 Å². The van der Waals surface area contributed by atoms with Crippen LogP contribution in [-0.4, -0.2) is 68.9 Å². The Morgan fingerprint density at radius 2 is 1.70 bits per heavy atom. The number of rotatable bonds is 8. The van der Waals surface area contributed by atoms with Crippen molar-refractivity contribution in [1.29, 1.82) is 0 Å². The topological polar surface area (TPSA) is 94.9 Å². The van der Waals surface area contributed by atoms with Gasteiger partial charge in [-0.25, -0.2) is 9.50 Å². The number of anilines is 2. The first kappa shape index (κ1) is 29.8. The minimum Gasteiger partial charge on any atom is -0.322 e. The number of piperazine rings is 1. The molecule has 12 heteroatoms. The standard InChI is InChI=1S/C32H34F3N7O2/c1-3-40-10-12-41(13-11-40)18-21-14-24(32(33,34)35)17-25(15-21)36-31(44)23-5-4-20(2)26(16-23)27-8-9-29-37-28(19-42(29)39-27)38-30(43)22-6-7-22/h4-5,8-9,14-17,19,22H,3,6-7,10-13,18H2,1-2H3,(H,36,44)(H,38,43). The zero-order chi connectivity index (χ0) is 31.0. The molecule has 0 unspecified atom stereocenters. The number of hydrogen-bond acceptors (Lipinski definition) is 6. The van der Waals surface area contributed by atoms with Crippen LogP contribution in [0.25, 0.3) is 16.9 Å². The SMILES string of the molecule is CCN1CCN(Cc2cc(NC(=O)c3ccc(C)c(-c4ccc5nc(NC(=O)C6CC6)cn5n4)c3)cc(C(F)(F)F)c2)CC1. The highest BCUT2D eigenvalue weighted by Crippen LogP contribution is 2.33. The molecular weight excluding hydrogens is 571 g/mol. The van der Waals surface area contributed by atoms with E-state index in [9.17, 15) is 22.8 Å². The van der Waals surface area contributed by atoms with Crippen molar-refractivity contribution in [2.45, 2.75) is 39.4 Å². The van der Waals surface area contributed by atoms with E-state index in [2.05, 4.69) is 37.4 Å². The summed E-state index contributed by atoms with van der Waals surface area (Å²) >= 11 is 0. The molecule has 0 radical (unpaired) electrons. The van der Waals surface area contributed by atoms with Gasteiger partial charge in [0.05, 0.1) is 17.5 Å². The quantitative estimate of drug-likeness (QED) is 0.277. The van der Waals surface area contributed by atoms with E-state index in [-0.39, 0.29) is 23.1 Å². The summed E-state index contributed by atoms with van der Waals surface area (Å²) in [4.78, 5) is 34.3. The van der Waals surface area contributed by atoms with Gasteiger partial charge in [0, 0.05) is 55.5 Å². The Labute approximate surface area is 253 Å². The highest BCUT2D eigenvalue weighted by molar-refractivity contribution is 6.05. The minimum atomic E-state index is -4.55. The molecule has 44 heavy (non-hydrogen) atoms. The molecule has 3 heterocycles. The van der Waals surface area contributed by atoms with Crippen molar-refractivity contribution in [3.63, 3.8) is 0 Å². The van der Waals surface area contributed by atoms with E-state index in [1.165, 1.54) is 0 Å². The summed E-state index contributed by atoms with van der Waals surface area (Å²) in [6.07, 6.45) is -1.14. The van der Waals surface area contributed by atoms with Crippen LogP contribution >= 0.6 is 0 Å². The number of imidazole rings is 1. The molecule has 1 saturated carbocycles. The van der Waals surface area contributed by atoms with Gasteiger partial charge in [0.15, 0.2) is 11.5 Å². The first-order valence-corrected chi connectivity index (χ1v) is 14.8. The number of aryl methyl sites for hydroxylation is 1. The lowest BCUT2D eigenvalue weighted by molar-refractivity contribution is -0.137. The average molecular weight is 606 g/mol. The van der Waals surface area contributed by atoms with E-state index in [1.807, 2.05) is 6.92 Å². The number of aromatic nitrogens is 3. The van der Waals surface area contributed by atoms with Crippen molar-refractivity contribution in [1.82, 2.24) is 24.4 Å². The van der Waals surface area contributed by atoms with Crippen molar-refractivity contribution in [2.24, 2.45) is 5.92 Å². The van der Waals surface area contributed by atoms with Gasteiger partial charge >= 0.3 is 6.18 Å². The normalized spacial score (nSPS) is 16.3. The largest absolute Gasteiger partial charge is 0.416 e. The summed E-state index contributed by atoms with van der Waals surface area (Å²) in [5.74, 6) is -0.114. The first-order valence-electron chi connectivity index (χ1n) is 14.8. The summed E-state index contributed by atoms with van der Waals surface area (Å²) in [7, 11) is 0. The molecule has 6 rings (SSSR count). The maximum absolute atomic E-state index is 13.8. The highest BCUT2D eigenvalue weighted by Gasteiger charge is 2.32. The van der Waals surface area contributed by atoms with Crippen LogP contribution in [0.15, 0.2) is 54.7 Å². The summed E-state index contributed by atoms with van der Waals surface area (Å²) < 4.78 is 43.0. The van der Waals surface area contributed by atoms with Gasteiger partial charge in [-0.1, -0.05) is 13.0 Å². The molecule has 2 aliphatic rings. The van der Waals surface area contributed by atoms with E-state index in [0.29, 0.717) is 34.8 Å². The van der Waals surface area contributed by atoms with Crippen LogP contribution in [-0.2, 0) is 17.5 Å². The lowest BCUT2D eigenvalue weighted by Gasteiger charge is -2.34. The van der Waals surface area contributed by atoms with E-state index in [1.54, 1.807) is 47.1 Å². The number of nitrogens with one attached hydrogen (secondary N) is 2. The average Bonchev–Trinajstić information content (AvgIpc) is 3.77. The van der Waals surface area contributed by atoms with Crippen LogP contribution in [0.1, 0.15) is 46.8 Å². The summed E-state index contributed by atoms with van der Waals surface area (Å²) in [6.45, 7) is 8.58. The zero-order valence-corrected chi connectivity index (χ0v) is 24.6. The Hall–Kier alpha value is -4.29. The van der Waals surface area contributed by atoms with Gasteiger partial charge in [0.25, 0.3) is 5.91 Å². The van der Waals surface area contributed by atoms with Crippen LogP contribution in [0.2, 0.25) is 0 Å². The molecule has 2 N–H and O–H groups in total. The summed E-state index contributed by atoms with van der Waals surface area (Å²) in [6, 6.07) is 12.4. The number of likely N-dealkylation sites (N-methyl/N-ethyl adjacent to an activating group) is 1. The minimum absolute atomic E-state index is 0.0455. The third-order valence-electron chi connectivity index (χ3n) is 8.19. The number of carbonyl (C=O) groups is 2. The maximum Gasteiger partial charge on any atom is 0.416 e. The maximum atomic E-state index is 13.8. The molecule has 0 spiro atoms. The van der Waals surface area contributed by atoms with Crippen molar-refractivity contribution in [3.8, 4) is 11.3 Å². The Balaban J connectivity index is 1.22. The van der Waals surface area contributed by atoms with Gasteiger partial charge in [-0.05, 0) is 79.9 Å². The van der Waals surface area contributed by atoms with Gasteiger partial charge < -0.3 is 15.5 Å². The molecule has 2 aromatic heterocycles. The molecule has 2 fully saturated rings. The van der Waals surface area contributed by atoms with E-state index in [4.69, 9.17) is 0 Å². The second-order valence-electron chi connectivity index (χ2n) is 11.5. The second kappa shape index (κ2) is 12.0. The predicted octanol–water partition coefficient (Wildman–Crippen LogP) is 5.46. The van der Waals surface area contributed by atoms with Gasteiger partial charge in [0.2, 0.25) is 5.91 Å². The fraction of sp³-hybridized carbons (Fsp3) is 0.375. The lowest BCUT2D eigenvalue weighted by Crippen LogP contribution is -2.45. The third-order valence-corrected chi connectivity index (χ3v) is 8.19. The third kappa shape index (κ3) is 6.76. The number of benzene rings is 2. The molecular formula is C32H34F3N7O2. The highest BCUT2D eigenvalue weighted by atomic mass is 19.4. The van der Waals surface area contributed by atoms with Gasteiger partial charge in [-0.15, -0.1) is 0 Å². The molecule has 2 amide bonds. The van der Waals surface area contributed by atoms with Gasteiger partial charge in [-0.2, -0.15) is 18.3 Å². The van der Waals surface area contributed by atoms with Crippen LogP contribution < -0.4 is 10.6 Å². The summed E-state index contributed by atoms with van der Waals surface area (Å²) in [5.41, 5.74) is 2.75. The predicted molar refractivity (Wildman–Crippen MR) is 161 cm³/mol. The Bertz CT molecular complexity index is 1710. The van der Waals surface area contributed by atoms with Crippen LogP contribution in [0.4, 0.5) is 24.7 Å². The van der Waals surface area contributed by atoms with Crippen molar-refractivity contribution >= 4 is 29.0 Å². The fourth-order valence-corrected chi connectivity index (χ4v) is 5.44. The second-order valence-corrected chi connectivity index (χ2v) is 11.5. The van der Waals surface area contributed by atoms with Crippen LogP contribution in [0, 0.1) is 12.8 Å². The number of nitrogens with zero attached hydrogens (tertiary/aromatic N) is 5.